The molecule has 0 bridgehead atoms. The number of hydrogen-bond donors (Lipinski definition) is 3. The van der Waals surface area contributed by atoms with E-state index in [1.165, 1.54) is 19.2 Å². The van der Waals surface area contributed by atoms with Crippen molar-refractivity contribution >= 4 is 22.6 Å². The molecule has 0 aliphatic heterocycles. The number of ether oxygens (including phenoxy) is 2. The molecule has 0 radical (unpaired) electrons. The SMILES string of the molecule is COC(=O)Cc1c[nH]c2cccc(OC[C@H](O)C[NH+](Cc3ccc([N+](=O)[O-])cc3)C(C)(C)C)c12. The van der Waals surface area contributed by atoms with Crippen LogP contribution in [-0.4, -0.2) is 52.9 Å². The monoisotopic (exact) mass is 470 g/mol. The number of rotatable bonds is 10. The van der Waals surface area contributed by atoms with Gasteiger partial charge in [0.15, 0.2) is 0 Å². The van der Waals surface area contributed by atoms with Crippen LogP contribution in [0.4, 0.5) is 5.69 Å². The lowest BCUT2D eigenvalue weighted by Crippen LogP contribution is -3.18. The Bertz CT molecular complexity index is 1130. The van der Waals surface area contributed by atoms with Crippen molar-refractivity contribution in [3.8, 4) is 5.75 Å². The first-order valence-electron chi connectivity index (χ1n) is 11.1. The summed E-state index contributed by atoms with van der Waals surface area (Å²) in [5.74, 6) is 0.246. The van der Waals surface area contributed by atoms with Crippen LogP contribution in [0.3, 0.4) is 0 Å². The van der Waals surface area contributed by atoms with Crippen LogP contribution in [0.15, 0.2) is 48.7 Å². The number of aromatic amines is 1. The summed E-state index contributed by atoms with van der Waals surface area (Å²) >= 11 is 0. The molecule has 1 unspecified atom stereocenters. The second-order valence-corrected chi connectivity index (χ2v) is 9.37. The van der Waals surface area contributed by atoms with Gasteiger partial charge in [-0.2, -0.15) is 0 Å². The third kappa shape index (κ3) is 6.33. The number of esters is 1. The molecule has 3 aromatic rings. The first-order valence-corrected chi connectivity index (χ1v) is 11.1. The number of nitrogens with zero attached hydrogens (tertiary/aromatic N) is 1. The van der Waals surface area contributed by atoms with E-state index in [1.807, 2.05) is 18.2 Å². The van der Waals surface area contributed by atoms with Crippen molar-refractivity contribution in [1.29, 1.82) is 0 Å². The van der Waals surface area contributed by atoms with E-state index in [9.17, 15) is 20.0 Å². The molecule has 34 heavy (non-hydrogen) atoms. The molecule has 9 heteroatoms. The predicted octanol–water partition coefficient (Wildman–Crippen LogP) is 2.41. The number of aliphatic hydroxyl groups is 1. The number of benzene rings is 2. The fraction of sp³-hybridized carbons (Fsp3) is 0.400. The molecule has 0 saturated heterocycles. The van der Waals surface area contributed by atoms with Crippen LogP contribution in [0, 0.1) is 10.1 Å². The number of carbonyl (C=O) groups is 1. The van der Waals surface area contributed by atoms with E-state index < -0.39 is 11.0 Å². The van der Waals surface area contributed by atoms with Crippen LogP contribution in [0.1, 0.15) is 31.9 Å². The van der Waals surface area contributed by atoms with Crippen LogP contribution >= 0.6 is 0 Å². The standard InChI is InChI=1S/C25H31N3O6/c1-25(2,3)27(14-17-8-10-19(11-9-17)28(31)32)15-20(29)16-34-22-7-5-6-21-24(22)18(13-26-21)12-23(30)33-4/h5-11,13,20,26,29H,12,14-16H2,1-4H3/p+1/t20-/m1/s1. The third-order valence-corrected chi connectivity index (χ3v) is 5.85. The van der Waals surface area contributed by atoms with Crippen molar-refractivity contribution < 1.29 is 29.2 Å². The Hall–Kier alpha value is -3.43. The van der Waals surface area contributed by atoms with Crippen molar-refractivity contribution in [3.05, 3.63) is 69.9 Å². The van der Waals surface area contributed by atoms with E-state index in [0.29, 0.717) is 18.8 Å². The average Bonchev–Trinajstić information content (AvgIpc) is 3.20. The van der Waals surface area contributed by atoms with Gasteiger partial charge in [-0.05, 0) is 50.6 Å². The van der Waals surface area contributed by atoms with Gasteiger partial charge in [0.05, 0.1) is 24.0 Å². The fourth-order valence-corrected chi connectivity index (χ4v) is 3.86. The second kappa shape index (κ2) is 10.7. The molecule has 0 saturated carbocycles. The lowest BCUT2D eigenvalue weighted by molar-refractivity contribution is -0.962. The summed E-state index contributed by atoms with van der Waals surface area (Å²) in [5.41, 5.74) is 2.45. The zero-order chi connectivity index (χ0) is 24.9. The summed E-state index contributed by atoms with van der Waals surface area (Å²) in [5, 5.41) is 22.5. The van der Waals surface area contributed by atoms with E-state index in [0.717, 1.165) is 26.9 Å². The molecule has 0 aliphatic carbocycles. The fourth-order valence-electron chi connectivity index (χ4n) is 3.86. The van der Waals surface area contributed by atoms with Crippen molar-refractivity contribution in [2.45, 2.75) is 45.4 Å². The van der Waals surface area contributed by atoms with Gasteiger partial charge in [0.25, 0.3) is 5.69 Å². The molecule has 0 aliphatic rings. The van der Waals surface area contributed by atoms with Gasteiger partial charge in [-0.15, -0.1) is 0 Å². The van der Waals surface area contributed by atoms with Crippen molar-refractivity contribution in [2.75, 3.05) is 20.3 Å². The minimum atomic E-state index is -0.745. The number of carbonyl (C=O) groups excluding carboxylic acids is 1. The topological polar surface area (TPSA) is 119 Å². The summed E-state index contributed by atoms with van der Waals surface area (Å²) in [6, 6.07) is 12.1. The number of quaternary nitrogens is 1. The highest BCUT2D eigenvalue weighted by molar-refractivity contribution is 5.92. The summed E-state index contributed by atoms with van der Waals surface area (Å²) in [6.45, 7) is 7.37. The number of nitro groups is 1. The average molecular weight is 471 g/mol. The minimum Gasteiger partial charge on any atom is -0.490 e. The van der Waals surface area contributed by atoms with Crippen molar-refractivity contribution in [3.63, 3.8) is 0 Å². The Morgan fingerprint density at radius 3 is 2.53 bits per heavy atom. The number of non-ortho nitro benzene ring substituents is 1. The van der Waals surface area contributed by atoms with E-state index in [-0.39, 0.29) is 30.2 Å². The molecule has 0 amide bonds. The zero-order valence-corrected chi connectivity index (χ0v) is 20.0. The molecular formula is C25H32N3O6+. The quantitative estimate of drug-likeness (QED) is 0.238. The highest BCUT2D eigenvalue weighted by atomic mass is 16.6. The van der Waals surface area contributed by atoms with Crippen molar-refractivity contribution in [1.82, 2.24) is 4.98 Å². The molecule has 0 fully saturated rings. The van der Waals surface area contributed by atoms with Gasteiger partial charge >= 0.3 is 5.97 Å². The van der Waals surface area contributed by atoms with Crippen LogP contribution in [0.25, 0.3) is 10.9 Å². The number of fused-ring (bicyclic) bond motifs is 1. The number of nitro benzene ring substituents is 1. The highest BCUT2D eigenvalue weighted by Gasteiger charge is 2.28. The summed E-state index contributed by atoms with van der Waals surface area (Å²) in [7, 11) is 1.35. The number of aliphatic hydroxyl groups excluding tert-OH is 1. The number of aromatic nitrogens is 1. The Morgan fingerprint density at radius 1 is 1.21 bits per heavy atom. The van der Waals surface area contributed by atoms with E-state index in [2.05, 4.69) is 25.8 Å². The predicted molar refractivity (Wildman–Crippen MR) is 128 cm³/mol. The van der Waals surface area contributed by atoms with Gasteiger partial charge in [0.2, 0.25) is 0 Å². The lowest BCUT2D eigenvalue weighted by atomic mass is 10.0. The number of nitrogens with one attached hydrogen (secondary N) is 2. The summed E-state index contributed by atoms with van der Waals surface area (Å²) in [4.78, 5) is 26.5. The maximum absolute atomic E-state index is 11.8. The number of H-pyrrole nitrogens is 1. The zero-order valence-electron chi connectivity index (χ0n) is 20.0. The van der Waals surface area contributed by atoms with Gasteiger partial charge < -0.3 is 24.5 Å². The normalized spacial score (nSPS) is 13.4. The largest absolute Gasteiger partial charge is 0.490 e. The molecule has 0 spiro atoms. The summed E-state index contributed by atoms with van der Waals surface area (Å²) in [6.07, 6.45) is 1.14. The van der Waals surface area contributed by atoms with Crippen LogP contribution < -0.4 is 9.64 Å². The first kappa shape index (κ1) is 25.2. The Balaban J connectivity index is 1.69. The van der Waals surface area contributed by atoms with E-state index in [4.69, 9.17) is 9.47 Å². The van der Waals surface area contributed by atoms with Crippen LogP contribution in [-0.2, 0) is 22.5 Å². The van der Waals surface area contributed by atoms with Gasteiger partial charge in [-0.1, -0.05) is 6.07 Å². The molecule has 9 nitrogen and oxygen atoms in total. The molecule has 3 rings (SSSR count). The van der Waals surface area contributed by atoms with Gasteiger partial charge in [-0.3, -0.25) is 14.9 Å². The van der Waals surface area contributed by atoms with Crippen LogP contribution in [0.5, 0.6) is 5.75 Å². The number of methoxy groups -OCH3 is 1. The van der Waals surface area contributed by atoms with Crippen LogP contribution in [0.2, 0.25) is 0 Å². The molecule has 182 valence electrons. The smallest absolute Gasteiger partial charge is 0.310 e. The molecule has 3 N–H and O–H groups in total. The molecule has 1 heterocycles. The maximum atomic E-state index is 11.8. The van der Waals surface area contributed by atoms with Gasteiger partial charge in [0, 0.05) is 34.8 Å². The van der Waals surface area contributed by atoms with E-state index in [1.54, 1.807) is 18.3 Å². The molecule has 1 aromatic heterocycles. The lowest BCUT2D eigenvalue weighted by Gasteiger charge is -2.34. The number of hydrogen-bond acceptors (Lipinski definition) is 6. The molecular weight excluding hydrogens is 438 g/mol. The minimum absolute atomic E-state index is 0.0556. The Kier molecular flexibility index (Phi) is 7.90. The Labute approximate surface area is 198 Å². The van der Waals surface area contributed by atoms with Gasteiger partial charge in [-0.25, -0.2) is 0 Å². The molecule has 2 aromatic carbocycles. The third-order valence-electron chi connectivity index (χ3n) is 5.85. The summed E-state index contributed by atoms with van der Waals surface area (Å²) < 4.78 is 10.8. The first-order chi connectivity index (χ1) is 16.1. The second-order valence-electron chi connectivity index (χ2n) is 9.37. The highest BCUT2D eigenvalue weighted by Crippen LogP contribution is 2.29. The maximum Gasteiger partial charge on any atom is 0.310 e. The Morgan fingerprint density at radius 2 is 1.91 bits per heavy atom. The van der Waals surface area contributed by atoms with Gasteiger partial charge in [0.1, 0.15) is 31.5 Å². The molecule has 2 atom stereocenters. The van der Waals surface area contributed by atoms with Crippen molar-refractivity contribution in [2.24, 2.45) is 0 Å². The van der Waals surface area contributed by atoms with E-state index >= 15 is 0 Å².